The van der Waals surface area contributed by atoms with Crippen LogP contribution in [0, 0.1) is 11.6 Å². The van der Waals surface area contributed by atoms with E-state index < -0.39 is 44.5 Å². The van der Waals surface area contributed by atoms with Crippen LogP contribution >= 0.6 is 34.5 Å². The molecule has 34 heavy (non-hydrogen) atoms. The van der Waals surface area contributed by atoms with E-state index in [0.29, 0.717) is 23.2 Å². The van der Waals surface area contributed by atoms with Gasteiger partial charge in [0.15, 0.2) is 26.5 Å². The number of nitrogens with one attached hydrogen (secondary N) is 1. The summed E-state index contributed by atoms with van der Waals surface area (Å²) in [5, 5.41) is 1.90. The van der Waals surface area contributed by atoms with E-state index in [1.807, 2.05) is 0 Å². The first-order valence-electron chi connectivity index (χ1n) is 10.2. The van der Waals surface area contributed by atoms with E-state index in [-0.39, 0.29) is 20.6 Å². The van der Waals surface area contributed by atoms with Crippen molar-refractivity contribution in [2.24, 2.45) is 0 Å². The van der Waals surface area contributed by atoms with Crippen LogP contribution in [-0.4, -0.2) is 24.6 Å². The third kappa shape index (κ3) is 5.19. The highest BCUT2D eigenvalue weighted by Gasteiger charge is 2.38. The Morgan fingerprint density at radius 2 is 1.91 bits per heavy atom. The summed E-state index contributed by atoms with van der Waals surface area (Å²) in [6.45, 7) is 0. The number of anilines is 1. The molecule has 180 valence electrons. The summed E-state index contributed by atoms with van der Waals surface area (Å²) in [6.07, 6.45) is 2.13. The van der Waals surface area contributed by atoms with Crippen molar-refractivity contribution in [1.29, 1.82) is 0 Å². The van der Waals surface area contributed by atoms with Gasteiger partial charge in [0.25, 0.3) is 5.91 Å². The molecule has 4 rings (SSSR count). The third-order valence-electron chi connectivity index (χ3n) is 5.39. The van der Waals surface area contributed by atoms with Crippen molar-refractivity contribution in [3.63, 3.8) is 0 Å². The van der Waals surface area contributed by atoms with Crippen molar-refractivity contribution < 1.29 is 26.7 Å². The van der Waals surface area contributed by atoms with Gasteiger partial charge in [0.1, 0.15) is 10.2 Å². The largest absolute Gasteiger partial charge is 0.473 e. The molecule has 12 heteroatoms. The summed E-state index contributed by atoms with van der Waals surface area (Å²) < 4.78 is 60.8. The standard InChI is InChI=1S/C22H18Cl2F2N2O4S2/c23-15-7-3-6-14(20(15)34(30,31)13-4-1-2-5-13)19(21(29)28-22-27-11-18(24)33-22)32-17-9-8-12(25)10-16(17)26/h3,6-11,13,19H,1-2,4-5H2,(H,27,28,29). The molecule has 0 radical (unpaired) electrons. The van der Waals surface area contributed by atoms with Crippen LogP contribution in [0.3, 0.4) is 0 Å². The molecule has 1 saturated carbocycles. The second kappa shape index (κ2) is 10.2. The zero-order valence-electron chi connectivity index (χ0n) is 17.4. The summed E-state index contributed by atoms with van der Waals surface area (Å²) in [4.78, 5) is 17.0. The Balaban J connectivity index is 1.81. The molecule has 1 aliphatic carbocycles. The number of hydrogen-bond donors (Lipinski definition) is 1. The quantitative estimate of drug-likeness (QED) is 0.381. The molecule has 2 aromatic carbocycles. The number of halogens is 4. The highest BCUT2D eigenvalue weighted by atomic mass is 35.5. The number of rotatable bonds is 7. The Labute approximate surface area is 208 Å². The van der Waals surface area contributed by atoms with Crippen molar-refractivity contribution in [1.82, 2.24) is 4.98 Å². The molecule has 1 fully saturated rings. The predicted octanol–water partition coefficient (Wildman–Crippen LogP) is 6.20. The van der Waals surface area contributed by atoms with Crippen molar-refractivity contribution >= 4 is 55.4 Å². The van der Waals surface area contributed by atoms with Gasteiger partial charge in [-0.1, -0.05) is 59.5 Å². The Kier molecular flexibility index (Phi) is 7.42. The first-order valence-corrected chi connectivity index (χ1v) is 13.3. The molecule has 0 aliphatic heterocycles. The predicted molar refractivity (Wildman–Crippen MR) is 126 cm³/mol. The van der Waals surface area contributed by atoms with Gasteiger partial charge in [-0.15, -0.1) is 0 Å². The van der Waals surface area contributed by atoms with Crippen LogP contribution in [0.5, 0.6) is 5.75 Å². The second-order valence-corrected chi connectivity index (χ2v) is 11.9. The lowest BCUT2D eigenvalue weighted by Crippen LogP contribution is -2.29. The Morgan fingerprint density at radius 3 is 2.56 bits per heavy atom. The van der Waals surface area contributed by atoms with Crippen LogP contribution in [0.4, 0.5) is 13.9 Å². The number of thiazole rings is 1. The smallest absolute Gasteiger partial charge is 0.272 e. The fraction of sp³-hybridized carbons (Fsp3) is 0.273. The average molecular weight is 547 g/mol. The summed E-state index contributed by atoms with van der Waals surface area (Å²) in [6, 6.07) is 6.83. The normalized spacial score (nSPS) is 15.3. The van der Waals surface area contributed by atoms with Gasteiger partial charge < -0.3 is 4.74 Å². The first-order chi connectivity index (χ1) is 16.2. The summed E-state index contributed by atoms with van der Waals surface area (Å²) in [7, 11) is -3.94. The van der Waals surface area contributed by atoms with Crippen LogP contribution in [-0.2, 0) is 14.6 Å². The molecule has 0 saturated heterocycles. The number of nitrogens with zero attached hydrogens (tertiary/aromatic N) is 1. The molecule has 1 unspecified atom stereocenters. The third-order valence-corrected chi connectivity index (χ3v) is 9.22. The number of ether oxygens (including phenoxy) is 1. The van der Waals surface area contributed by atoms with Gasteiger partial charge in [-0.25, -0.2) is 22.2 Å². The highest BCUT2D eigenvalue weighted by molar-refractivity contribution is 7.92. The summed E-state index contributed by atoms with van der Waals surface area (Å²) >= 11 is 13.2. The van der Waals surface area contributed by atoms with Crippen molar-refractivity contribution in [3.8, 4) is 5.75 Å². The minimum Gasteiger partial charge on any atom is -0.473 e. The van der Waals surface area contributed by atoms with E-state index in [9.17, 15) is 22.0 Å². The zero-order chi connectivity index (χ0) is 24.5. The lowest BCUT2D eigenvalue weighted by molar-refractivity contribution is -0.123. The molecule has 0 spiro atoms. The molecule has 1 aromatic heterocycles. The van der Waals surface area contributed by atoms with Gasteiger partial charge in [-0.05, 0) is 31.0 Å². The average Bonchev–Trinajstić information content (AvgIpc) is 3.45. The van der Waals surface area contributed by atoms with E-state index in [0.717, 1.165) is 36.3 Å². The number of aromatic nitrogens is 1. The second-order valence-electron chi connectivity index (χ2n) is 7.64. The Morgan fingerprint density at radius 1 is 1.18 bits per heavy atom. The number of hydrogen-bond acceptors (Lipinski definition) is 6. The van der Waals surface area contributed by atoms with Crippen LogP contribution in [0.15, 0.2) is 47.5 Å². The van der Waals surface area contributed by atoms with E-state index >= 15 is 0 Å². The molecule has 1 aliphatic rings. The molecule has 1 atom stereocenters. The van der Waals surface area contributed by atoms with Crippen molar-refractivity contribution in [2.45, 2.75) is 41.9 Å². The van der Waals surface area contributed by atoms with E-state index in [1.54, 1.807) is 0 Å². The first kappa shape index (κ1) is 24.8. The van der Waals surface area contributed by atoms with Crippen molar-refractivity contribution in [3.05, 3.63) is 69.2 Å². The Bertz CT molecular complexity index is 1330. The lowest BCUT2D eigenvalue weighted by atomic mass is 10.1. The van der Waals surface area contributed by atoms with Gasteiger partial charge in [-0.3, -0.25) is 10.1 Å². The minimum absolute atomic E-state index is 0.0664. The van der Waals surface area contributed by atoms with Crippen LogP contribution in [0.1, 0.15) is 37.4 Å². The molecule has 3 aromatic rings. The van der Waals surface area contributed by atoms with Gasteiger partial charge >= 0.3 is 0 Å². The topological polar surface area (TPSA) is 85.4 Å². The van der Waals surface area contributed by atoms with Crippen LogP contribution in [0.2, 0.25) is 9.36 Å². The lowest BCUT2D eigenvalue weighted by Gasteiger charge is -2.23. The van der Waals surface area contributed by atoms with Gasteiger partial charge in [0.2, 0.25) is 6.10 Å². The SMILES string of the molecule is O=C(Nc1ncc(Cl)s1)C(Oc1ccc(F)cc1F)c1cccc(Cl)c1S(=O)(=O)C1CCCC1. The number of carbonyl (C=O) groups excluding carboxylic acids is 1. The zero-order valence-corrected chi connectivity index (χ0v) is 20.6. The van der Waals surface area contributed by atoms with Crippen molar-refractivity contribution in [2.75, 3.05) is 5.32 Å². The fourth-order valence-corrected chi connectivity index (χ4v) is 7.29. The fourth-order valence-electron chi connectivity index (χ4n) is 3.84. The molecule has 1 amide bonds. The monoisotopic (exact) mass is 546 g/mol. The minimum atomic E-state index is -3.94. The maximum absolute atomic E-state index is 14.4. The Hall–Kier alpha value is -2.27. The van der Waals surface area contributed by atoms with Crippen LogP contribution in [0.25, 0.3) is 0 Å². The maximum Gasteiger partial charge on any atom is 0.272 e. The number of carbonyl (C=O) groups is 1. The maximum atomic E-state index is 14.4. The van der Waals surface area contributed by atoms with E-state index in [1.165, 1.54) is 24.4 Å². The van der Waals surface area contributed by atoms with E-state index in [4.69, 9.17) is 27.9 Å². The summed E-state index contributed by atoms with van der Waals surface area (Å²) in [5.41, 5.74) is -0.0664. The number of amides is 1. The summed E-state index contributed by atoms with van der Waals surface area (Å²) in [5.74, 6) is -3.17. The molecule has 1 N–H and O–H groups in total. The van der Waals surface area contributed by atoms with Gasteiger partial charge in [-0.2, -0.15) is 0 Å². The molecule has 6 nitrogen and oxygen atoms in total. The number of benzene rings is 2. The number of sulfone groups is 1. The highest BCUT2D eigenvalue weighted by Crippen LogP contribution is 2.39. The van der Waals surface area contributed by atoms with Gasteiger partial charge in [0, 0.05) is 11.6 Å². The van der Waals surface area contributed by atoms with Crippen LogP contribution < -0.4 is 10.1 Å². The molecule has 1 heterocycles. The van der Waals surface area contributed by atoms with Gasteiger partial charge in [0.05, 0.1) is 21.4 Å². The molecule has 0 bridgehead atoms. The molecular formula is C22H18Cl2F2N2O4S2. The van der Waals surface area contributed by atoms with E-state index in [2.05, 4.69) is 10.3 Å². The molecular weight excluding hydrogens is 529 g/mol.